The van der Waals surface area contributed by atoms with Crippen molar-refractivity contribution in [1.29, 1.82) is 0 Å². The van der Waals surface area contributed by atoms with Crippen LogP contribution in [0.4, 0.5) is 0 Å². The Kier molecular flexibility index (Phi) is 5.29. The Bertz CT molecular complexity index is 1110. The number of aldehydes is 1. The van der Waals surface area contributed by atoms with Gasteiger partial charge >= 0.3 is 0 Å². The van der Waals surface area contributed by atoms with Crippen molar-refractivity contribution in [2.45, 2.75) is 13.2 Å². The second-order valence-electron chi connectivity index (χ2n) is 6.37. The van der Waals surface area contributed by atoms with Crippen LogP contribution in [0, 0.1) is 0 Å². The molecule has 138 valence electrons. The number of carbonyl (C=O) groups excluding carboxylic acids is 1. The standard InChI is InChI=1S/C24H19NO3/c26-15-18-6-5-9-22(14-18)27-16-20-8-2-4-11-24(20)28-17-21-13-12-19-7-1-3-10-23(19)25-21/h1-15H,16-17H2. The van der Waals surface area contributed by atoms with Gasteiger partial charge in [0.25, 0.3) is 0 Å². The molecule has 4 rings (SSSR count). The van der Waals surface area contributed by atoms with Crippen LogP contribution in [0.2, 0.25) is 0 Å². The van der Waals surface area contributed by atoms with E-state index >= 15 is 0 Å². The number of pyridine rings is 1. The number of ether oxygens (including phenoxy) is 2. The van der Waals surface area contributed by atoms with Gasteiger partial charge in [-0.15, -0.1) is 0 Å². The highest BCUT2D eigenvalue weighted by molar-refractivity contribution is 5.78. The number of fused-ring (bicyclic) bond motifs is 1. The van der Waals surface area contributed by atoms with Gasteiger partial charge in [0.05, 0.1) is 11.2 Å². The fourth-order valence-corrected chi connectivity index (χ4v) is 2.94. The van der Waals surface area contributed by atoms with E-state index in [2.05, 4.69) is 11.1 Å². The van der Waals surface area contributed by atoms with Gasteiger partial charge in [0.15, 0.2) is 0 Å². The Balaban J connectivity index is 1.45. The molecule has 4 nitrogen and oxygen atoms in total. The van der Waals surface area contributed by atoms with Gasteiger partial charge in [0.1, 0.15) is 31.0 Å². The van der Waals surface area contributed by atoms with E-state index in [1.165, 1.54) is 0 Å². The normalized spacial score (nSPS) is 10.6. The number of carbonyl (C=O) groups is 1. The second kappa shape index (κ2) is 8.35. The number of para-hydroxylation sites is 2. The number of nitrogens with zero attached hydrogens (tertiary/aromatic N) is 1. The van der Waals surface area contributed by atoms with Crippen molar-refractivity contribution in [3.05, 3.63) is 102 Å². The van der Waals surface area contributed by atoms with E-state index in [0.717, 1.165) is 34.2 Å². The van der Waals surface area contributed by atoms with Crippen LogP contribution in [0.25, 0.3) is 10.9 Å². The Morgan fingerprint density at radius 3 is 2.57 bits per heavy atom. The summed E-state index contributed by atoms with van der Waals surface area (Å²) in [6.45, 7) is 0.728. The SMILES string of the molecule is O=Cc1cccc(OCc2ccccc2OCc2ccc3ccccc3n2)c1. The summed E-state index contributed by atoms with van der Waals surface area (Å²) in [5.74, 6) is 1.40. The summed E-state index contributed by atoms with van der Waals surface area (Å²) in [5, 5.41) is 1.11. The van der Waals surface area contributed by atoms with Crippen molar-refractivity contribution in [1.82, 2.24) is 4.98 Å². The van der Waals surface area contributed by atoms with Gasteiger partial charge in [-0.25, -0.2) is 4.98 Å². The van der Waals surface area contributed by atoms with E-state index < -0.39 is 0 Å². The molecule has 0 spiro atoms. The first kappa shape index (κ1) is 17.7. The third-order valence-electron chi connectivity index (χ3n) is 4.39. The largest absolute Gasteiger partial charge is 0.489 e. The third-order valence-corrected chi connectivity index (χ3v) is 4.39. The van der Waals surface area contributed by atoms with Crippen LogP contribution in [-0.4, -0.2) is 11.3 Å². The van der Waals surface area contributed by atoms with Gasteiger partial charge in [0.2, 0.25) is 0 Å². The molecule has 0 atom stereocenters. The lowest BCUT2D eigenvalue weighted by molar-refractivity contribution is 0.112. The van der Waals surface area contributed by atoms with Crippen molar-refractivity contribution >= 4 is 17.2 Å². The van der Waals surface area contributed by atoms with E-state index in [0.29, 0.717) is 24.5 Å². The third kappa shape index (κ3) is 4.18. The highest BCUT2D eigenvalue weighted by atomic mass is 16.5. The van der Waals surface area contributed by atoms with E-state index in [9.17, 15) is 4.79 Å². The minimum absolute atomic E-state index is 0.351. The predicted octanol–water partition coefficient (Wildman–Crippen LogP) is 5.21. The predicted molar refractivity (Wildman–Crippen MR) is 109 cm³/mol. The second-order valence-corrected chi connectivity index (χ2v) is 6.37. The molecule has 4 heteroatoms. The summed E-state index contributed by atoms with van der Waals surface area (Å²) in [4.78, 5) is 15.6. The zero-order valence-electron chi connectivity index (χ0n) is 15.2. The zero-order chi connectivity index (χ0) is 19.2. The molecule has 3 aromatic carbocycles. The molecule has 1 heterocycles. The van der Waals surface area contributed by atoms with Crippen LogP contribution in [0.3, 0.4) is 0 Å². The lowest BCUT2D eigenvalue weighted by Crippen LogP contribution is -2.03. The smallest absolute Gasteiger partial charge is 0.150 e. The number of hydrogen-bond donors (Lipinski definition) is 0. The molecule has 0 radical (unpaired) electrons. The molecule has 0 N–H and O–H groups in total. The molecular weight excluding hydrogens is 350 g/mol. The Morgan fingerprint density at radius 2 is 1.64 bits per heavy atom. The van der Waals surface area contributed by atoms with Gasteiger partial charge < -0.3 is 9.47 Å². The molecule has 28 heavy (non-hydrogen) atoms. The molecule has 0 saturated heterocycles. The molecule has 0 aliphatic rings. The Morgan fingerprint density at radius 1 is 0.786 bits per heavy atom. The topological polar surface area (TPSA) is 48.4 Å². The molecule has 0 aliphatic carbocycles. The highest BCUT2D eigenvalue weighted by Crippen LogP contribution is 2.22. The molecule has 0 bridgehead atoms. The molecule has 0 amide bonds. The van der Waals surface area contributed by atoms with Crippen molar-refractivity contribution in [3.8, 4) is 11.5 Å². The molecule has 0 saturated carbocycles. The van der Waals surface area contributed by atoms with Crippen molar-refractivity contribution < 1.29 is 14.3 Å². The van der Waals surface area contributed by atoms with Gasteiger partial charge in [-0.3, -0.25) is 4.79 Å². The van der Waals surface area contributed by atoms with Crippen LogP contribution in [0.5, 0.6) is 11.5 Å². The summed E-state index contributed by atoms with van der Waals surface area (Å²) in [6.07, 6.45) is 0.806. The summed E-state index contributed by atoms with van der Waals surface area (Å²) >= 11 is 0. The average molecular weight is 369 g/mol. The Hall–Kier alpha value is -3.66. The number of aromatic nitrogens is 1. The van der Waals surface area contributed by atoms with E-state index in [4.69, 9.17) is 9.47 Å². The fourth-order valence-electron chi connectivity index (χ4n) is 2.94. The van der Waals surface area contributed by atoms with Crippen LogP contribution < -0.4 is 9.47 Å². The van der Waals surface area contributed by atoms with Gasteiger partial charge in [-0.1, -0.05) is 54.6 Å². The van der Waals surface area contributed by atoms with Crippen LogP contribution in [0.1, 0.15) is 21.6 Å². The summed E-state index contributed by atoms with van der Waals surface area (Å²) in [6, 6.07) is 26.9. The molecule has 0 aliphatic heterocycles. The minimum Gasteiger partial charge on any atom is -0.489 e. The maximum absolute atomic E-state index is 10.9. The maximum Gasteiger partial charge on any atom is 0.150 e. The van der Waals surface area contributed by atoms with Crippen molar-refractivity contribution in [3.63, 3.8) is 0 Å². The molecular formula is C24H19NO3. The van der Waals surface area contributed by atoms with Crippen LogP contribution in [-0.2, 0) is 13.2 Å². The van der Waals surface area contributed by atoms with E-state index in [1.807, 2.05) is 60.7 Å². The first-order chi connectivity index (χ1) is 13.8. The summed E-state index contributed by atoms with van der Waals surface area (Å²) in [7, 11) is 0. The molecule has 4 aromatic rings. The van der Waals surface area contributed by atoms with Crippen molar-refractivity contribution in [2.24, 2.45) is 0 Å². The highest BCUT2D eigenvalue weighted by Gasteiger charge is 2.06. The van der Waals surface area contributed by atoms with E-state index in [-0.39, 0.29) is 0 Å². The lowest BCUT2D eigenvalue weighted by atomic mass is 10.2. The van der Waals surface area contributed by atoms with Gasteiger partial charge in [0, 0.05) is 16.5 Å². The maximum atomic E-state index is 10.9. The van der Waals surface area contributed by atoms with Crippen LogP contribution in [0.15, 0.2) is 84.9 Å². The molecule has 0 unspecified atom stereocenters. The number of rotatable bonds is 7. The molecule has 0 fully saturated rings. The summed E-state index contributed by atoms with van der Waals surface area (Å²) < 4.78 is 11.8. The first-order valence-corrected chi connectivity index (χ1v) is 9.05. The monoisotopic (exact) mass is 369 g/mol. The van der Waals surface area contributed by atoms with Crippen LogP contribution >= 0.6 is 0 Å². The van der Waals surface area contributed by atoms with E-state index in [1.54, 1.807) is 18.2 Å². The molecule has 1 aromatic heterocycles. The lowest BCUT2D eigenvalue weighted by Gasteiger charge is -2.13. The van der Waals surface area contributed by atoms with Gasteiger partial charge in [-0.05, 0) is 30.3 Å². The first-order valence-electron chi connectivity index (χ1n) is 9.05. The summed E-state index contributed by atoms with van der Waals surface area (Å²) in [5.41, 5.74) is 3.34. The minimum atomic E-state index is 0.351. The average Bonchev–Trinajstić information content (AvgIpc) is 2.77. The van der Waals surface area contributed by atoms with Gasteiger partial charge in [-0.2, -0.15) is 0 Å². The zero-order valence-corrected chi connectivity index (χ0v) is 15.2. The number of hydrogen-bond acceptors (Lipinski definition) is 4. The van der Waals surface area contributed by atoms with Crippen molar-refractivity contribution in [2.75, 3.05) is 0 Å². The quantitative estimate of drug-likeness (QED) is 0.420. The number of benzene rings is 3. The Labute approximate surface area is 163 Å². The fraction of sp³-hybridized carbons (Fsp3) is 0.0833.